The Morgan fingerprint density at radius 2 is 2.17 bits per heavy atom. The molecule has 0 radical (unpaired) electrons. The minimum atomic E-state index is -0.882. The van der Waals surface area contributed by atoms with Crippen molar-refractivity contribution in [1.82, 2.24) is 10.6 Å². The molecule has 1 saturated carbocycles. The first-order valence-corrected chi connectivity index (χ1v) is 6.47. The Labute approximate surface area is 106 Å². The van der Waals surface area contributed by atoms with Crippen molar-refractivity contribution in [2.75, 3.05) is 6.54 Å². The molecule has 1 aliphatic heterocycles. The third kappa shape index (κ3) is 2.35. The molecule has 2 aliphatic rings. The summed E-state index contributed by atoms with van der Waals surface area (Å²) in [6.45, 7) is 2.26. The SMILES string of the molecule is C[C@@H](O)[C@H](N)C(=O)NC1CCC2(CC1)CNC2=O. The smallest absolute Gasteiger partial charge is 0.239 e. The highest BCUT2D eigenvalue weighted by molar-refractivity contribution is 5.88. The van der Waals surface area contributed by atoms with Gasteiger partial charge in [-0.15, -0.1) is 0 Å². The summed E-state index contributed by atoms with van der Waals surface area (Å²) in [4.78, 5) is 23.2. The standard InChI is InChI=1S/C12H21N3O3/c1-7(16)9(13)10(17)15-8-2-4-12(5-3-8)6-14-11(12)18/h7-9,16H,2-6,13H2,1H3,(H,14,18)(H,15,17)/t7-,8?,9+,12?/m1/s1. The zero-order chi connectivity index (χ0) is 13.3. The number of carbonyl (C=O) groups is 2. The summed E-state index contributed by atoms with van der Waals surface area (Å²) >= 11 is 0. The van der Waals surface area contributed by atoms with Crippen molar-refractivity contribution < 1.29 is 14.7 Å². The number of aliphatic hydroxyl groups is 1. The molecule has 1 heterocycles. The number of nitrogens with one attached hydrogen (secondary N) is 2. The second-order valence-corrected chi connectivity index (χ2v) is 5.51. The highest BCUT2D eigenvalue weighted by Gasteiger charge is 2.48. The van der Waals surface area contributed by atoms with Crippen LogP contribution in [0.15, 0.2) is 0 Å². The minimum Gasteiger partial charge on any atom is -0.391 e. The number of amides is 2. The second kappa shape index (κ2) is 4.85. The quantitative estimate of drug-likeness (QED) is 0.479. The van der Waals surface area contributed by atoms with Crippen LogP contribution in [-0.4, -0.2) is 41.7 Å². The van der Waals surface area contributed by atoms with Gasteiger partial charge in [0.2, 0.25) is 11.8 Å². The van der Waals surface area contributed by atoms with Crippen LogP contribution in [0, 0.1) is 5.41 Å². The molecule has 6 heteroatoms. The van der Waals surface area contributed by atoms with Crippen LogP contribution in [0.2, 0.25) is 0 Å². The van der Waals surface area contributed by atoms with Gasteiger partial charge in [0.25, 0.3) is 0 Å². The van der Waals surface area contributed by atoms with Gasteiger partial charge >= 0.3 is 0 Å². The number of carbonyl (C=O) groups excluding carboxylic acids is 2. The maximum absolute atomic E-state index is 11.7. The topological polar surface area (TPSA) is 104 Å². The fraction of sp³-hybridized carbons (Fsp3) is 0.833. The molecule has 0 bridgehead atoms. The molecule has 1 saturated heterocycles. The molecule has 5 N–H and O–H groups in total. The van der Waals surface area contributed by atoms with Crippen LogP contribution in [0.25, 0.3) is 0 Å². The van der Waals surface area contributed by atoms with E-state index in [-0.39, 0.29) is 23.3 Å². The number of hydrogen-bond donors (Lipinski definition) is 4. The fourth-order valence-electron chi connectivity index (χ4n) is 2.65. The van der Waals surface area contributed by atoms with Crippen LogP contribution in [0.4, 0.5) is 0 Å². The van der Waals surface area contributed by atoms with E-state index in [0.29, 0.717) is 0 Å². The molecule has 0 aromatic rings. The van der Waals surface area contributed by atoms with Gasteiger partial charge in [-0.2, -0.15) is 0 Å². The normalized spacial score (nSPS) is 34.4. The Morgan fingerprint density at radius 1 is 1.56 bits per heavy atom. The average Bonchev–Trinajstić information content (AvgIpc) is 2.36. The van der Waals surface area contributed by atoms with Crippen molar-refractivity contribution in [1.29, 1.82) is 0 Å². The van der Waals surface area contributed by atoms with E-state index >= 15 is 0 Å². The van der Waals surface area contributed by atoms with Crippen molar-refractivity contribution in [3.05, 3.63) is 0 Å². The summed E-state index contributed by atoms with van der Waals surface area (Å²) in [5, 5.41) is 14.9. The van der Waals surface area contributed by atoms with Gasteiger partial charge in [-0.1, -0.05) is 0 Å². The average molecular weight is 255 g/mol. The Bertz CT molecular complexity index is 348. The lowest BCUT2D eigenvalue weighted by molar-refractivity contribution is -0.143. The molecular weight excluding hydrogens is 234 g/mol. The van der Waals surface area contributed by atoms with Gasteiger partial charge in [-0.05, 0) is 32.6 Å². The van der Waals surface area contributed by atoms with Crippen molar-refractivity contribution in [2.24, 2.45) is 11.1 Å². The largest absolute Gasteiger partial charge is 0.391 e. The van der Waals surface area contributed by atoms with Gasteiger partial charge in [-0.25, -0.2) is 0 Å². The molecule has 0 aromatic carbocycles. The van der Waals surface area contributed by atoms with Gasteiger partial charge in [0.15, 0.2) is 0 Å². The number of aliphatic hydroxyl groups excluding tert-OH is 1. The second-order valence-electron chi connectivity index (χ2n) is 5.51. The van der Waals surface area contributed by atoms with Crippen LogP contribution in [0.3, 0.4) is 0 Å². The summed E-state index contributed by atoms with van der Waals surface area (Å²) in [6, 6.07) is -0.811. The number of hydrogen-bond acceptors (Lipinski definition) is 4. The van der Waals surface area contributed by atoms with Crippen LogP contribution in [-0.2, 0) is 9.59 Å². The number of nitrogens with two attached hydrogens (primary N) is 1. The van der Waals surface area contributed by atoms with Gasteiger partial charge < -0.3 is 21.5 Å². The number of β-lactam (4-membered cyclic amide) rings is 1. The zero-order valence-electron chi connectivity index (χ0n) is 10.6. The highest BCUT2D eigenvalue weighted by atomic mass is 16.3. The Kier molecular flexibility index (Phi) is 3.59. The zero-order valence-corrected chi connectivity index (χ0v) is 10.6. The summed E-state index contributed by atoms with van der Waals surface area (Å²) < 4.78 is 0. The summed E-state index contributed by atoms with van der Waals surface area (Å²) in [6.07, 6.45) is 2.37. The first kappa shape index (κ1) is 13.3. The Balaban J connectivity index is 1.80. The van der Waals surface area contributed by atoms with E-state index in [4.69, 9.17) is 5.73 Å². The molecule has 2 fully saturated rings. The van der Waals surface area contributed by atoms with Crippen LogP contribution in [0.1, 0.15) is 32.6 Å². The summed E-state index contributed by atoms with van der Waals surface area (Å²) in [7, 11) is 0. The molecule has 2 atom stereocenters. The maximum atomic E-state index is 11.7. The van der Waals surface area contributed by atoms with Crippen molar-refractivity contribution in [2.45, 2.75) is 50.8 Å². The molecule has 6 nitrogen and oxygen atoms in total. The molecule has 1 aliphatic carbocycles. The van der Waals surface area contributed by atoms with E-state index in [1.54, 1.807) is 0 Å². The highest BCUT2D eigenvalue weighted by Crippen LogP contribution is 2.40. The third-order valence-electron chi connectivity index (χ3n) is 4.18. The van der Waals surface area contributed by atoms with Crippen LogP contribution in [0.5, 0.6) is 0 Å². The lowest BCUT2D eigenvalue weighted by atomic mass is 9.68. The predicted octanol–water partition coefficient (Wildman–Crippen LogP) is -1.13. The summed E-state index contributed by atoms with van der Waals surface area (Å²) in [5.41, 5.74) is 5.39. The first-order valence-electron chi connectivity index (χ1n) is 6.47. The molecule has 0 aromatic heterocycles. The molecule has 0 unspecified atom stereocenters. The van der Waals surface area contributed by atoms with E-state index in [9.17, 15) is 14.7 Å². The van der Waals surface area contributed by atoms with Crippen LogP contribution < -0.4 is 16.4 Å². The van der Waals surface area contributed by atoms with Gasteiger partial charge in [0, 0.05) is 12.6 Å². The summed E-state index contributed by atoms with van der Waals surface area (Å²) in [5.74, 6) is -0.169. The molecule has 2 rings (SSSR count). The predicted molar refractivity (Wildman–Crippen MR) is 65.5 cm³/mol. The van der Waals surface area contributed by atoms with E-state index in [1.165, 1.54) is 6.92 Å². The Hall–Kier alpha value is -1.14. The van der Waals surface area contributed by atoms with Crippen molar-refractivity contribution in [3.8, 4) is 0 Å². The minimum absolute atomic E-state index is 0.0707. The third-order valence-corrected chi connectivity index (χ3v) is 4.18. The maximum Gasteiger partial charge on any atom is 0.239 e. The molecule has 1 spiro atoms. The van der Waals surface area contributed by atoms with Crippen LogP contribution >= 0.6 is 0 Å². The lowest BCUT2D eigenvalue weighted by Crippen LogP contribution is -2.61. The number of rotatable bonds is 3. The van der Waals surface area contributed by atoms with Gasteiger partial charge in [-0.3, -0.25) is 9.59 Å². The Morgan fingerprint density at radius 3 is 2.56 bits per heavy atom. The molecule has 2 amide bonds. The molecular formula is C12H21N3O3. The van der Waals surface area contributed by atoms with Crippen molar-refractivity contribution in [3.63, 3.8) is 0 Å². The van der Waals surface area contributed by atoms with Crippen molar-refractivity contribution >= 4 is 11.8 Å². The fourth-order valence-corrected chi connectivity index (χ4v) is 2.65. The van der Waals surface area contributed by atoms with E-state index in [1.807, 2.05) is 0 Å². The molecule has 18 heavy (non-hydrogen) atoms. The van der Waals surface area contributed by atoms with E-state index in [2.05, 4.69) is 10.6 Å². The lowest BCUT2D eigenvalue weighted by Gasteiger charge is -2.45. The first-order chi connectivity index (χ1) is 8.44. The van der Waals surface area contributed by atoms with E-state index in [0.717, 1.165) is 32.2 Å². The monoisotopic (exact) mass is 255 g/mol. The molecule has 102 valence electrons. The van der Waals surface area contributed by atoms with Gasteiger partial charge in [0.05, 0.1) is 11.5 Å². The van der Waals surface area contributed by atoms with Gasteiger partial charge in [0.1, 0.15) is 6.04 Å². The van der Waals surface area contributed by atoms with E-state index < -0.39 is 12.1 Å².